The molecule has 4 heteroatoms. The Morgan fingerprint density at radius 2 is 1.86 bits per heavy atom. The third kappa shape index (κ3) is 4.76. The lowest BCUT2D eigenvalue weighted by atomic mass is 10.1. The summed E-state index contributed by atoms with van der Waals surface area (Å²) in [4.78, 5) is 0. The van der Waals surface area contributed by atoms with Gasteiger partial charge in [-0.3, -0.25) is 0 Å². The first-order valence-electron chi connectivity index (χ1n) is 7.42. The van der Waals surface area contributed by atoms with Crippen LogP contribution in [0.15, 0.2) is 48.5 Å². The summed E-state index contributed by atoms with van der Waals surface area (Å²) in [5.41, 5.74) is 2.12. The summed E-state index contributed by atoms with van der Waals surface area (Å²) in [6.45, 7) is 3.40. The molecular weight excluding hydrogens is 278 g/mol. The number of rotatable bonds is 8. The second-order valence-corrected chi connectivity index (χ2v) is 5.20. The number of hydrogen-bond acceptors (Lipinski definition) is 4. The van der Waals surface area contributed by atoms with E-state index in [1.807, 2.05) is 48.5 Å². The van der Waals surface area contributed by atoms with E-state index in [1.165, 1.54) is 0 Å². The van der Waals surface area contributed by atoms with Crippen molar-refractivity contribution in [1.29, 1.82) is 0 Å². The third-order valence-corrected chi connectivity index (χ3v) is 3.26. The third-order valence-electron chi connectivity index (χ3n) is 3.26. The van der Waals surface area contributed by atoms with Gasteiger partial charge in [-0.2, -0.15) is 0 Å². The van der Waals surface area contributed by atoms with Crippen LogP contribution in [0.2, 0.25) is 0 Å². The van der Waals surface area contributed by atoms with E-state index in [0.29, 0.717) is 25.4 Å². The average Bonchev–Trinajstić information content (AvgIpc) is 2.54. The van der Waals surface area contributed by atoms with Gasteiger partial charge in [-0.25, -0.2) is 0 Å². The fourth-order valence-corrected chi connectivity index (χ4v) is 2.17. The van der Waals surface area contributed by atoms with Gasteiger partial charge >= 0.3 is 0 Å². The molecule has 0 aromatic heterocycles. The van der Waals surface area contributed by atoms with Crippen molar-refractivity contribution in [1.82, 2.24) is 5.32 Å². The maximum atomic E-state index is 9.33. The number of aliphatic hydroxyl groups is 1. The number of aliphatic hydroxyl groups excluding tert-OH is 1. The Morgan fingerprint density at radius 1 is 1.09 bits per heavy atom. The highest BCUT2D eigenvalue weighted by Gasteiger charge is 2.11. The van der Waals surface area contributed by atoms with Crippen LogP contribution in [0, 0.1) is 0 Å². The zero-order chi connectivity index (χ0) is 15.8. The highest BCUT2D eigenvalue weighted by atomic mass is 16.5. The van der Waals surface area contributed by atoms with Crippen molar-refractivity contribution in [2.75, 3.05) is 13.7 Å². The van der Waals surface area contributed by atoms with Gasteiger partial charge in [0.1, 0.15) is 6.61 Å². The standard InChI is InChI=1S/C18H23NO3/c1-14(20)11-19-12-16-9-6-10-17(21-2)18(16)22-13-15-7-4-3-5-8-15/h3-10,14,19-20H,11-13H2,1-2H3/t14-/m1/s1. The molecule has 0 saturated carbocycles. The van der Waals surface area contributed by atoms with Crippen molar-refractivity contribution in [3.63, 3.8) is 0 Å². The van der Waals surface area contributed by atoms with Crippen molar-refractivity contribution in [2.24, 2.45) is 0 Å². The molecule has 0 radical (unpaired) electrons. The lowest BCUT2D eigenvalue weighted by molar-refractivity contribution is 0.190. The van der Waals surface area contributed by atoms with Crippen molar-refractivity contribution in [3.8, 4) is 11.5 Å². The van der Waals surface area contributed by atoms with E-state index < -0.39 is 0 Å². The number of ether oxygens (including phenoxy) is 2. The molecule has 22 heavy (non-hydrogen) atoms. The zero-order valence-electron chi connectivity index (χ0n) is 13.1. The summed E-state index contributed by atoms with van der Waals surface area (Å²) >= 11 is 0. The van der Waals surface area contributed by atoms with Crippen LogP contribution in [0.4, 0.5) is 0 Å². The second-order valence-electron chi connectivity index (χ2n) is 5.20. The lowest BCUT2D eigenvalue weighted by Crippen LogP contribution is -2.24. The smallest absolute Gasteiger partial charge is 0.166 e. The normalized spacial score (nSPS) is 12.0. The van der Waals surface area contributed by atoms with Gasteiger partial charge in [0.2, 0.25) is 0 Å². The Balaban J connectivity index is 2.09. The Bertz CT molecular complexity index is 570. The molecular formula is C18H23NO3. The lowest BCUT2D eigenvalue weighted by Gasteiger charge is -2.16. The quantitative estimate of drug-likeness (QED) is 0.787. The second kappa shape index (κ2) is 8.41. The van der Waals surface area contributed by atoms with E-state index in [0.717, 1.165) is 16.9 Å². The summed E-state index contributed by atoms with van der Waals surface area (Å²) in [5.74, 6) is 1.46. The monoisotopic (exact) mass is 301 g/mol. The number of nitrogens with one attached hydrogen (secondary N) is 1. The summed E-state index contributed by atoms with van der Waals surface area (Å²) in [5, 5.41) is 12.5. The van der Waals surface area contributed by atoms with E-state index >= 15 is 0 Å². The molecule has 0 fully saturated rings. The van der Waals surface area contributed by atoms with Crippen LogP contribution in [0.1, 0.15) is 18.1 Å². The van der Waals surface area contributed by atoms with Crippen LogP contribution in [0.5, 0.6) is 11.5 Å². The predicted molar refractivity (Wildman–Crippen MR) is 87.2 cm³/mol. The minimum Gasteiger partial charge on any atom is -0.493 e. The van der Waals surface area contributed by atoms with Gasteiger partial charge in [0.05, 0.1) is 13.2 Å². The summed E-state index contributed by atoms with van der Waals surface area (Å²) in [6, 6.07) is 15.8. The van der Waals surface area contributed by atoms with Crippen LogP contribution in [-0.4, -0.2) is 24.9 Å². The van der Waals surface area contributed by atoms with Crippen molar-refractivity contribution in [2.45, 2.75) is 26.2 Å². The van der Waals surface area contributed by atoms with Gasteiger partial charge in [0.25, 0.3) is 0 Å². The molecule has 2 rings (SSSR count). The molecule has 0 amide bonds. The van der Waals surface area contributed by atoms with E-state index in [1.54, 1.807) is 14.0 Å². The van der Waals surface area contributed by atoms with Crippen molar-refractivity contribution >= 4 is 0 Å². The largest absolute Gasteiger partial charge is 0.493 e. The topological polar surface area (TPSA) is 50.7 Å². The van der Waals surface area contributed by atoms with Gasteiger partial charge in [0, 0.05) is 18.7 Å². The number of benzene rings is 2. The van der Waals surface area contributed by atoms with Gasteiger partial charge in [-0.05, 0) is 18.6 Å². The fraction of sp³-hybridized carbons (Fsp3) is 0.333. The van der Waals surface area contributed by atoms with Gasteiger partial charge in [0.15, 0.2) is 11.5 Å². The molecule has 0 spiro atoms. The molecule has 2 N–H and O–H groups in total. The highest BCUT2D eigenvalue weighted by Crippen LogP contribution is 2.31. The summed E-state index contributed by atoms with van der Waals surface area (Å²) in [6.07, 6.45) is -0.376. The van der Waals surface area contributed by atoms with Crippen LogP contribution in [0.3, 0.4) is 0 Å². The Kier molecular flexibility index (Phi) is 6.25. The minimum absolute atomic E-state index is 0.376. The average molecular weight is 301 g/mol. The van der Waals surface area contributed by atoms with Gasteiger partial charge in [-0.15, -0.1) is 0 Å². The number of methoxy groups -OCH3 is 1. The molecule has 2 aromatic carbocycles. The van der Waals surface area contributed by atoms with Gasteiger partial charge in [-0.1, -0.05) is 42.5 Å². The molecule has 4 nitrogen and oxygen atoms in total. The Morgan fingerprint density at radius 3 is 2.55 bits per heavy atom. The first kappa shape index (κ1) is 16.3. The number of para-hydroxylation sites is 1. The molecule has 0 bridgehead atoms. The van der Waals surface area contributed by atoms with Crippen LogP contribution in [-0.2, 0) is 13.2 Å². The van der Waals surface area contributed by atoms with Crippen molar-refractivity contribution < 1.29 is 14.6 Å². The molecule has 0 unspecified atom stereocenters. The maximum Gasteiger partial charge on any atom is 0.166 e. The van der Waals surface area contributed by atoms with E-state index in [9.17, 15) is 5.11 Å². The molecule has 0 aliphatic heterocycles. The minimum atomic E-state index is -0.376. The molecule has 0 aliphatic carbocycles. The highest BCUT2D eigenvalue weighted by molar-refractivity contribution is 5.46. The Labute approximate surface area is 131 Å². The molecule has 118 valence electrons. The molecule has 1 atom stereocenters. The first-order chi connectivity index (χ1) is 10.7. The predicted octanol–water partition coefficient (Wildman–Crippen LogP) is 2.74. The molecule has 2 aromatic rings. The SMILES string of the molecule is COc1cccc(CNC[C@@H](C)O)c1OCc1ccccc1. The van der Waals surface area contributed by atoms with Crippen LogP contribution in [0.25, 0.3) is 0 Å². The van der Waals surface area contributed by atoms with E-state index in [4.69, 9.17) is 9.47 Å². The number of hydrogen-bond donors (Lipinski definition) is 2. The summed E-state index contributed by atoms with van der Waals surface area (Å²) < 4.78 is 11.4. The summed E-state index contributed by atoms with van der Waals surface area (Å²) in [7, 11) is 1.64. The molecule has 0 aliphatic rings. The van der Waals surface area contributed by atoms with Crippen molar-refractivity contribution in [3.05, 3.63) is 59.7 Å². The maximum absolute atomic E-state index is 9.33. The van der Waals surface area contributed by atoms with Crippen LogP contribution < -0.4 is 14.8 Å². The molecule has 0 saturated heterocycles. The van der Waals surface area contributed by atoms with Gasteiger partial charge < -0.3 is 19.9 Å². The van der Waals surface area contributed by atoms with E-state index in [-0.39, 0.29) is 6.10 Å². The zero-order valence-corrected chi connectivity index (χ0v) is 13.1. The first-order valence-corrected chi connectivity index (χ1v) is 7.42. The Hall–Kier alpha value is -2.04. The molecule has 0 heterocycles. The van der Waals surface area contributed by atoms with E-state index in [2.05, 4.69) is 5.32 Å². The fourth-order valence-electron chi connectivity index (χ4n) is 2.17. The van der Waals surface area contributed by atoms with Crippen LogP contribution >= 0.6 is 0 Å².